The Balaban J connectivity index is 2.32. The van der Waals surface area contributed by atoms with Crippen molar-refractivity contribution >= 4 is 14.6 Å². The Hall–Kier alpha value is -0.180. The highest BCUT2D eigenvalue weighted by Crippen LogP contribution is 2.42. The van der Waals surface area contributed by atoms with Gasteiger partial charge in [0.15, 0.2) is 6.61 Å². The minimum Gasteiger partial charge on any atom is -0.392 e. The van der Waals surface area contributed by atoms with Crippen LogP contribution in [-0.2, 0) is 18.4 Å². The van der Waals surface area contributed by atoms with Crippen LogP contribution < -0.4 is 0 Å². The van der Waals surface area contributed by atoms with Gasteiger partial charge in [-0.2, -0.15) is 0 Å². The zero-order chi connectivity index (χ0) is 5.98. The molecule has 8 heavy (non-hydrogen) atoms. The van der Waals surface area contributed by atoms with E-state index in [1.807, 2.05) is 0 Å². The first-order valence-electron chi connectivity index (χ1n) is 2.01. The lowest BCUT2D eigenvalue weighted by Crippen LogP contribution is -1.94. The molecule has 0 amide bonds. The third-order valence-corrected chi connectivity index (χ3v) is 1.60. The SMILES string of the molecule is COP1OCC(=O)O1. The molecule has 1 aliphatic rings. The van der Waals surface area contributed by atoms with Gasteiger partial charge < -0.3 is 9.05 Å². The Kier molecular flexibility index (Phi) is 1.78. The highest BCUT2D eigenvalue weighted by atomic mass is 31.2. The summed E-state index contributed by atoms with van der Waals surface area (Å²) in [7, 11) is 0.103. The summed E-state index contributed by atoms with van der Waals surface area (Å²) in [6.45, 7) is 0.0273. The Labute approximate surface area is 47.7 Å². The van der Waals surface area contributed by atoms with Crippen LogP contribution in [-0.4, -0.2) is 19.7 Å². The molecule has 1 heterocycles. The van der Waals surface area contributed by atoms with E-state index in [-0.39, 0.29) is 12.6 Å². The molecule has 5 heteroatoms. The van der Waals surface area contributed by atoms with Crippen molar-refractivity contribution < 1.29 is 18.4 Å². The van der Waals surface area contributed by atoms with Gasteiger partial charge in [-0.25, -0.2) is 4.79 Å². The van der Waals surface area contributed by atoms with E-state index in [1.165, 1.54) is 7.11 Å². The van der Waals surface area contributed by atoms with Crippen LogP contribution >= 0.6 is 8.60 Å². The van der Waals surface area contributed by atoms with Crippen molar-refractivity contribution in [3.63, 3.8) is 0 Å². The first kappa shape index (κ1) is 5.95. The van der Waals surface area contributed by atoms with Gasteiger partial charge in [0.05, 0.1) is 0 Å². The molecular formula is C3H5O4P. The monoisotopic (exact) mass is 136 g/mol. The van der Waals surface area contributed by atoms with E-state index in [4.69, 9.17) is 0 Å². The van der Waals surface area contributed by atoms with Crippen molar-refractivity contribution in [2.45, 2.75) is 0 Å². The van der Waals surface area contributed by atoms with E-state index in [2.05, 4.69) is 13.6 Å². The molecule has 0 bridgehead atoms. The van der Waals surface area contributed by atoms with E-state index >= 15 is 0 Å². The third-order valence-electron chi connectivity index (χ3n) is 0.613. The van der Waals surface area contributed by atoms with Crippen molar-refractivity contribution in [3.8, 4) is 0 Å². The summed E-state index contributed by atoms with van der Waals surface area (Å²) in [5.41, 5.74) is 0. The Morgan fingerprint density at radius 2 is 2.62 bits per heavy atom. The predicted octanol–water partition coefficient (Wildman–Crippen LogP) is 0.433. The van der Waals surface area contributed by atoms with Crippen LogP contribution in [0.2, 0.25) is 0 Å². The lowest BCUT2D eigenvalue weighted by Gasteiger charge is -1.98. The van der Waals surface area contributed by atoms with Gasteiger partial charge in [-0.1, -0.05) is 0 Å². The summed E-state index contributed by atoms with van der Waals surface area (Å²) in [6.07, 6.45) is 0. The van der Waals surface area contributed by atoms with Gasteiger partial charge in [0.2, 0.25) is 0 Å². The van der Waals surface area contributed by atoms with Crippen LogP contribution in [0.15, 0.2) is 0 Å². The second-order valence-electron chi connectivity index (χ2n) is 1.14. The summed E-state index contributed by atoms with van der Waals surface area (Å²) in [6, 6.07) is 0. The van der Waals surface area contributed by atoms with Gasteiger partial charge in [-0.15, -0.1) is 0 Å². The number of rotatable bonds is 1. The zero-order valence-electron chi connectivity index (χ0n) is 4.29. The average Bonchev–Trinajstić information content (AvgIpc) is 2.14. The molecule has 0 N–H and O–H groups in total. The van der Waals surface area contributed by atoms with Crippen molar-refractivity contribution in [2.24, 2.45) is 0 Å². The molecule has 1 aliphatic heterocycles. The smallest absolute Gasteiger partial charge is 0.392 e. The molecule has 1 rings (SSSR count). The largest absolute Gasteiger partial charge is 0.399 e. The summed E-state index contributed by atoms with van der Waals surface area (Å²) in [5.74, 6) is -0.349. The molecule has 1 atom stereocenters. The molecule has 0 spiro atoms. The van der Waals surface area contributed by atoms with Gasteiger partial charge in [0.25, 0.3) is 0 Å². The molecule has 1 unspecified atom stereocenters. The van der Waals surface area contributed by atoms with E-state index in [1.54, 1.807) is 0 Å². The van der Waals surface area contributed by atoms with Gasteiger partial charge in [0, 0.05) is 7.11 Å². The number of carbonyl (C=O) groups excluding carboxylic acids is 1. The maximum atomic E-state index is 10.2. The number of carbonyl (C=O) groups is 1. The van der Waals surface area contributed by atoms with Crippen LogP contribution in [0.3, 0.4) is 0 Å². The molecule has 4 nitrogen and oxygen atoms in total. The molecule has 0 aromatic rings. The minimum atomic E-state index is -1.33. The summed E-state index contributed by atoms with van der Waals surface area (Å²) in [5, 5.41) is 0. The molecule has 1 saturated heterocycles. The molecule has 0 aromatic heterocycles. The summed E-state index contributed by atoms with van der Waals surface area (Å²) in [4.78, 5) is 10.2. The molecular weight excluding hydrogens is 131 g/mol. The Morgan fingerprint density at radius 1 is 1.88 bits per heavy atom. The lowest BCUT2D eigenvalue weighted by molar-refractivity contribution is -0.132. The van der Waals surface area contributed by atoms with E-state index < -0.39 is 8.60 Å². The third kappa shape index (κ3) is 1.15. The maximum Gasteiger partial charge on any atom is 0.399 e. The Bertz CT molecular complexity index is 103. The maximum absolute atomic E-state index is 10.2. The van der Waals surface area contributed by atoms with Gasteiger partial charge in [-0.05, 0) is 0 Å². The van der Waals surface area contributed by atoms with Gasteiger partial charge >= 0.3 is 14.6 Å². The van der Waals surface area contributed by atoms with E-state index in [0.717, 1.165) is 0 Å². The second kappa shape index (κ2) is 2.40. The van der Waals surface area contributed by atoms with Crippen LogP contribution in [0.5, 0.6) is 0 Å². The van der Waals surface area contributed by atoms with E-state index in [0.29, 0.717) is 0 Å². The fourth-order valence-corrected chi connectivity index (χ4v) is 0.994. The predicted molar refractivity (Wildman–Crippen MR) is 26.0 cm³/mol. The summed E-state index contributed by atoms with van der Waals surface area (Å²) >= 11 is 0. The standard InChI is InChI=1S/C3H5O4P/c1-5-8-6-2-3(4)7-8/h2H2,1H3. The first-order valence-corrected chi connectivity index (χ1v) is 3.10. The number of hydrogen-bond donors (Lipinski definition) is 0. The van der Waals surface area contributed by atoms with Gasteiger partial charge in [-0.3, -0.25) is 4.52 Å². The second-order valence-corrected chi connectivity index (χ2v) is 2.40. The molecule has 0 aromatic carbocycles. The number of hydrogen-bond acceptors (Lipinski definition) is 4. The summed E-state index contributed by atoms with van der Waals surface area (Å²) < 4.78 is 13.8. The van der Waals surface area contributed by atoms with Crippen LogP contribution in [0.25, 0.3) is 0 Å². The van der Waals surface area contributed by atoms with Gasteiger partial charge in [0.1, 0.15) is 0 Å². The molecule has 0 radical (unpaired) electrons. The quantitative estimate of drug-likeness (QED) is 0.490. The topological polar surface area (TPSA) is 44.8 Å². The fraction of sp³-hybridized carbons (Fsp3) is 0.667. The highest BCUT2D eigenvalue weighted by molar-refractivity contribution is 7.42. The van der Waals surface area contributed by atoms with Crippen LogP contribution in [0, 0.1) is 0 Å². The van der Waals surface area contributed by atoms with Crippen LogP contribution in [0.1, 0.15) is 0 Å². The lowest BCUT2D eigenvalue weighted by atomic mass is 10.8. The van der Waals surface area contributed by atoms with Crippen molar-refractivity contribution in [1.29, 1.82) is 0 Å². The molecule has 1 fully saturated rings. The Morgan fingerprint density at radius 3 is 2.88 bits per heavy atom. The average molecular weight is 136 g/mol. The van der Waals surface area contributed by atoms with E-state index in [9.17, 15) is 4.79 Å². The normalized spacial score (nSPS) is 28.1. The molecule has 0 saturated carbocycles. The zero-order valence-corrected chi connectivity index (χ0v) is 5.18. The highest BCUT2D eigenvalue weighted by Gasteiger charge is 2.25. The fourth-order valence-electron chi connectivity index (χ4n) is 0.331. The van der Waals surface area contributed by atoms with Crippen molar-refractivity contribution in [1.82, 2.24) is 0 Å². The van der Waals surface area contributed by atoms with Crippen molar-refractivity contribution in [2.75, 3.05) is 13.7 Å². The minimum absolute atomic E-state index is 0.0273. The van der Waals surface area contributed by atoms with Crippen LogP contribution in [0.4, 0.5) is 0 Å². The first-order chi connectivity index (χ1) is 3.83. The van der Waals surface area contributed by atoms with Crippen molar-refractivity contribution in [3.05, 3.63) is 0 Å². The molecule has 0 aliphatic carbocycles. The molecule has 46 valence electrons.